The monoisotopic (exact) mass is 335 g/mol. The zero-order chi connectivity index (χ0) is 17.8. The summed E-state index contributed by atoms with van der Waals surface area (Å²) >= 11 is 0. The van der Waals surface area contributed by atoms with Gasteiger partial charge in [-0.15, -0.1) is 0 Å². The number of benzene rings is 2. The first-order valence-corrected chi connectivity index (χ1v) is 8.13. The molecule has 3 rings (SSSR count). The third kappa shape index (κ3) is 3.88. The van der Waals surface area contributed by atoms with E-state index in [1.165, 1.54) is 0 Å². The molecule has 1 aromatic heterocycles. The van der Waals surface area contributed by atoms with E-state index < -0.39 is 0 Å². The van der Waals surface area contributed by atoms with E-state index in [4.69, 9.17) is 4.74 Å². The number of rotatable bonds is 5. The molecule has 2 aromatic carbocycles. The maximum Gasteiger partial charge on any atom is 0.251 e. The first-order valence-electron chi connectivity index (χ1n) is 8.13. The minimum Gasteiger partial charge on any atom is -0.497 e. The van der Waals surface area contributed by atoms with E-state index in [0.29, 0.717) is 5.56 Å². The molecule has 0 saturated carbocycles. The van der Waals surface area contributed by atoms with Crippen molar-refractivity contribution in [2.75, 3.05) is 7.11 Å². The quantitative estimate of drug-likeness (QED) is 0.743. The van der Waals surface area contributed by atoms with Crippen LogP contribution in [0.2, 0.25) is 0 Å². The number of carbonyl (C=O) groups excluding carboxylic acids is 1. The van der Waals surface area contributed by atoms with Crippen LogP contribution in [0.4, 0.5) is 0 Å². The molecule has 25 heavy (non-hydrogen) atoms. The molecule has 0 saturated heterocycles. The predicted molar refractivity (Wildman–Crippen MR) is 97.6 cm³/mol. The van der Waals surface area contributed by atoms with Gasteiger partial charge in [-0.2, -0.15) is 0 Å². The Morgan fingerprint density at radius 2 is 1.92 bits per heavy atom. The Balaban J connectivity index is 1.77. The highest BCUT2D eigenvalue weighted by Gasteiger charge is 2.14. The molecule has 1 atom stereocenters. The summed E-state index contributed by atoms with van der Waals surface area (Å²) in [7, 11) is 1.64. The Hall–Kier alpha value is -3.08. The fourth-order valence-corrected chi connectivity index (χ4v) is 2.62. The van der Waals surface area contributed by atoms with Gasteiger partial charge >= 0.3 is 0 Å². The van der Waals surface area contributed by atoms with Crippen molar-refractivity contribution in [3.63, 3.8) is 0 Å². The van der Waals surface area contributed by atoms with Crippen molar-refractivity contribution in [2.45, 2.75) is 19.9 Å². The van der Waals surface area contributed by atoms with Gasteiger partial charge in [-0.3, -0.25) is 4.79 Å². The number of hydrogen-bond donors (Lipinski definition) is 2. The lowest BCUT2D eigenvalue weighted by molar-refractivity contribution is 0.0938. The Morgan fingerprint density at radius 1 is 1.16 bits per heavy atom. The molecule has 1 heterocycles. The van der Waals surface area contributed by atoms with Crippen LogP contribution in [0.3, 0.4) is 0 Å². The Labute approximate surface area is 147 Å². The number of aryl methyl sites for hydroxylation is 1. The van der Waals surface area contributed by atoms with Crippen molar-refractivity contribution < 1.29 is 9.53 Å². The van der Waals surface area contributed by atoms with Crippen LogP contribution in [0.5, 0.6) is 5.75 Å². The van der Waals surface area contributed by atoms with Crippen LogP contribution < -0.4 is 10.1 Å². The van der Waals surface area contributed by atoms with E-state index >= 15 is 0 Å². The number of H-pyrrole nitrogens is 1. The molecule has 0 aliphatic rings. The summed E-state index contributed by atoms with van der Waals surface area (Å²) in [6.07, 6.45) is 1.75. The lowest BCUT2D eigenvalue weighted by Crippen LogP contribution is -2.27. The number of aromatic amines is 1. The Morgan fingerprint density at radius 3 is 2.56 bits per heavy atom. The van der Waals surface area contributed by atoms with Gasteiger partial charge < -0.3 is 15.0 Å². The lowest BCUT2D eigenvalue weighted by Gasteiger charge is -2.12. The summed E-state index contributed by atoms with van der Waals surface area (Å²) in [5.74, 6) is 1.43. The van der Waals surface area contributed by atoms with Gasteiger partial charge in [-0.1, -0.05) is 24.3 Å². The molecule has 1 amide bonds. The number of nitrogens with zero attached hydrogens (tertiary/aromatic N) is 1. The van der Waals surface area contributed by atoms with Crippen LogP contribution in [0.1, 0.15) is 34.8 Å². The molecule has 0 aliphatic carbocycles. The second kappa shape index (κ2) is 7.21. The van der Waals surface area contributed by atoms with Gasteiger partial charge in [0.2, 0.25) is 0 Å². The summed E-state index contributed by atoms with van der Waals surface area (Å²) in [5, 5.41) is 2.97. The third-order valence-corrected chi connectivity index (χ3v) is 4.03. The van der Waals surface area contributed by atoms with Crippen LogP contribution in [-0.2, 0) is 0 Å². The smallest absolute Gasteiger partial charge is 0.251 e. The van der Waals surface area contributed by atoms with Crippen LogP contribution in [0, 0.1) is 6.92 Å². The highest BCUT2D eigenvalue weighted by atomic mass is 16.5. The molecule has 5 nitrogen and oxygen atoms in total. The summed E-state index contributed by atoms with van der Waals surface area (Å²) in [6.45, 7) is 3.84. The number of nitrogens with one attached hydrogen (secondary N) is 2. The fourth-order valence-electron chi connectivity index (χ4n) is 2.62. The van der Waals surface area contributed by atoms with E-state index in [-0.39, 0.29) is 11.9 Å². The van der Waals surface area contributed by atoms with Crippen molar-refractivity contribution in [1.29, 1.82) is 0 Å². The lowest BCUT2D eigenvalue weighted by atomic mass is 10.0. The topological polar surface area (TPSA) is 67.0 Å². The van der Waals surface area contributed by atoms with Gasteiger partial charge in [-0.25, -0.2) is 4.98 Å². The molecular formula is C20H21N3O2. The summed E-state index contributed by atoms with van der Waals surface area (Å²) in [6, 6.07) is 15.1. The maximum atomic E-state index is 12.5. The van der Waals surface area contributed by atoms with E-state index in [0.717, 1.165) is 28.4 Å². The van der Waals surface area contributed by atoms with E-state index in [9.17, 15) is 4.79 Å². The number of ether oxygens (including phenoxy) is 1. The molecule has 0 spiro atoms. The van der Waals surface area contributed by atoms with Gasteiger partial charge in [0.25, 0.3) is 5.91 Å². The predicted octanol–water partition coefficient (Wildman–Crippen LogP) is 3.88. The Kier molecular flexibility index (Phi) is 4.84. The highest BCUT2D eigenvalue weighted by Crippen LogP contribution is 2.23. The molecule has 128 valence electrons. The molecule has 3 aromatic rings. The number of amides is 1. The minimum absolute atomic E-state index is 0.128. The average molecular weight is 335 g/mol. The number of aromatic nitrogens is 2. The molecule has 5 heteroatoms. The molecule has 0 radical (unpaired) electrons. The molecular weight excluding hydrogens is 314 g/mol. The Bertz CT molecular complexity index is 869. The molecule has 0 bridgehead atoms. The number of hydrogen-bond acceptors (Lipinski definition) is 3. The van der Waals surface area contributed by atoms with E-state index in [1.54, 1.807) is 13.3 Å². The van der Waals surface area contributed by atoms with Gasteiger partial charge in [-0.05, 0) is 49.2 Å². The van der Waals surface area contributed by atoms with Gasteiger partial charge in [0.1, 0.15) is 11.6 Å². The summed E-state index contributed by atoms with van der Waals surface area (Å²) < 4.78 is 5.18. The maximum absolute atomic E-state index is 12.5. The molecule has 2 N–H and O–H groups in total. The van der Waals surface area contributed by atoms with Crippen molar-refractivity contribution in [1.82, 2.24) is 15.3 Å². The largest absolute Gasteiger partial charge is 0.497 e. The molecule has 0 unspecified atom stereocenters. The van der Waals surface area contributed by atoms with Crippen LogP contribution in [0.15, 0.2) is 54.7 Å². The molecule has 0 fully saturated rings. The molecule has 0 aliphatic heterocycles. The number of methoxy groups -OCH3 is 1. The van der Waals surface area contributed by atoms with E-state index in [1.807, 2.05) is 62.4 Å². The standard InChI is InChI=1S/C20H21N3O2/c1-13-12-21-19(22-13)14(2)23-20(24)17-6-4-5-16(11-17)15-7-9-18(25-3)10-8-15/h4-12,14H,1-3H3,(H,21,22)(H,23,24)/t14-/m1/s1. The van der Waals surface area contributed by atoms with Crippen LogP contribution >= 0.6 is 0 Å². The first-order chi connectivity index (χ1) is 12.1. The van der Waals surface area contributed by atoms with Crippen LogP contribution in [-0.4, -0.2) is 23.0 Å². The third-order valence-electron chi connectivity index (χ3n) is 4.03. The fraction of sp³-hybridized carbons (Fsp3) is 0.200. The first kappa shape index (κ1) is 16.8. The summed E-state index contributed by atoms with van der Waals surface area (Å²) in [5.41, 5.74) is 3.60. The normalized spacial score (nSPS) is 11.8. The zero-order valence-corrected chi connectivity index (χ0v) is 14.5. The van der Waals surface area contributed by atoms with Crippen molar-refractivity contribution in [2.24, 2.45) is 0 Å². The average Bonchev–Trinajstić information content (AvgIpc) is 3.08. The van der Waals surface area contributed by atoms with E-state index in [2.05, 4.69) is 15.3 Å². The SMILES string of the molecule is COc1ccc(-c2cccc(C(=O)N[C@H](C)c3ncc(C)[nH]3)c2)cc1. The van der Waals surface area contributed by atoms with Crippen molar-refractivity contribution in [3.8, 4) is 16.9 Å². The zero-order valence-electron chi connectivity index (χ0n) is 14.5. The van der Waals surface area contributed by atoms with Gasteiger partial charge in [0, 0.05) is 17.5 Å². The highest BCUT2D eigenvalue weighted by molar-refractivity contribution is 5.95. The number of carbonyl (C=O) groups is 1. The minimum atomic E-state index is -0.189. The van der Waals surface area contributed by atoms with Crippen molar-refractivity contribution >= 4 is 5.91 Å². The van der Waals surface area contributed by atoms with Crippen molar-refractivity contribution in [3.05, 3.63) is 71.8 Å². The number of imidazole rings is 1. The van der Waals surface area contributed by atoms with Crippen LogP contribution in [0.25, 0.3) is 11.1 Å². The summed E-state index contributed by atoms with van der Waals surface area (Å²) in [4.78, 5) is 20.0. The second-order valence-electron chi connectivity index (χ2n) is 5.96. The second-order valence-corrected chi connectivity index (χ2v) is 5.96. The van der Waals surface area contributed by atoms with Gasteiger partial charge in [0.05, 0.1) is 13.2 Å². The van der Waals surface area contributed by atoms with Gasteiger partial charge in [0.15, 0.2) is 0 Å².